The van der Waals surface area contributed by atoms with E-state index in [2.05, 4.69) is 15.1 Å². The Labute approximate surface area is 128 Å². The van der Waals surface area contributed by atoms with Gasteiger partial charge in [0.2, 0.25) is 5.89 Å². The maximum atomic E-state index is 12.4. The molecule has 114 valence electrons. The number of pyridine rings is 1. The van der Waals surface area contributed by atoms with Gasteiger partial charge < -0.3 is 9.42 Å². The average molecular weight is 298 g/mol. The molecule has 1 amide bonds. The summed E-state index contributed by atoms with van der Waals surface area (Å²) in [5, 5.41) is 4.08. The van der Waals surface area contributed by atoms with Crippen LogP contribution in [-0.4, -0.2) is 39.0 Å². The van der Waals surface area contributed by atoms with Crippen molar-refractivity contribution < 1.29 is 9.32 Å². The molecule has 3 heterocycles. The van der Waals surface area contributed by atoms with Crippen molar-refractivity contribution in [3.05, 3.63) is 41.8 Å². The Morgan fingerprint density at radius 2 is 1.82 bits per heavy atom. The number of carbonyl (C=O) groups excluding carboxylic acids is 1. The monoisotopic (exact) mass is 298 g/mol. The topological polar surface area (TPSA) is 72.1 Å². The van der Waals surface area contributed by atoms with Crippen LogP contribution in [0, 0.1) is 0 Å². The summed E-state index contributed by atoms with van der Waals surface area (Å²) in [7, 11) is 0. The minimum Gasteiger partial charge on any atom is -0.339 e. The molecule has 2 aromatic rings. The van der Waals surface area contributed by atoms with Crippen LogP contribution < -0.4 is 0 Å². The quantitative estimate of drug-likeness (QED) is 0.869. The Balaban J connectivity index is 1.38. The van der Waals surface area contributed by atoms with Gasteiger partial charge in [-0.15, -0.1) is 0 Å². The molecule has 0 unspecified atom stereocenters. The molecule has 1 aliphatic carbocycles. The molecule has 0 bridgehead atoms. The molecule has 0 atom stereocenters. The van der Waals surface area contributed by atoms with Crippen LogP contribution in [0.4, 0.5) is 0 Å². The van der Waals surface area contributed by atoms with E-state index >= 15 is 0 Å². The lowest BCUT2D eigenvalue weighted by atomic mass is 9.96. The number of amides is 1. The largest absolute Gasteiger partial charge is 0.339 e. The van der Waals surface area contributed by atoms with E-state index in [1.165, 1.54) is 12.8 Å². The Bertz CT molecular complexity index is 658. The highest BCUT2D eigenvalue weighted by Gasteiger charge is 2.32. The van der Waals surface area contributed by atoms with Crippen molar-refractivity contribution >= 4 is 5.91 Å². The van der Waals surface area contributed by atoms with Crippen molar-refractivity contribution in [3.63, 3.8) is 0 Å². The SMILES string of the molecule is O=C(c1ccncc1)N1CCC(c2nc(C3CC3)no2)CC1. The van der Waals surface area contributed by atoms with Gasteiger partial charge in [0.1, 0.15) is 0 Å². The summed E-state index contributed by atoms with van der Waals surface area (Å²) in [5.41, 5.74) is 0.697. The molecular weight excluding hydrogens is 280 g/mol. The van der Waals surface area contributed by atoms with Crippen molar-refractivity contribution in [3.8, 4) is 0 Å². The van der Waals surface area contributed by atoms with Gasteiger partial charge in [0, 0.05) is 42.9 Å². The van der Waals surface area contributed by atoms with Gasteiger partial charge in [0.05, 0.1) is 0 Å². The predicted octanol–water partition coefficient (Wildman–Crippen LogP) is 2.36. The molecule has 22 heavy (non-hydrogen) atoms. The molecule has 2 aromatic heterocycles. The first kappa shape index (κ1) is 13.4. The van der Waals surface area contributed by atoms with Crippen LogP contribution >= 0.6 is 0 Å². The van der Waals surface area contributed by atoms with E-state index in [0.717, 1.165) is 37.6 Å². The van der Waals surface area contributed by atoms with E-state index in [9.17, 15) is 4.79 Å². The van der Waals surface area contributed by atoms with E-state index in [-0.39, 0.29) is 11.8 Å². The molecule has 0 radical (unpaired) electrons. The standard InChI is InChI=1S/C16H18N4O2/c21-16(13-3-7-17-8-4-13)20-9-5-12(6-10-20)15-18-14(19-22-15)11-1-2-11/h3-4,7-8,11-12H,1-2,5-6,9-10H2. The molecule has 0 N–H and O–H groups in total. The van der Waals surface area contributed by atoms with E-state index < -0.39 is 0 Å². The summed E-state index contributed by atoms with van der Waals surface area (Å²) < 4.78 is 5.41. The highest BCUT2D eigenvalue weighted by Crippen LogP contribution is 2.39. The summed E-state index contributed by atoms with van der Waals surface area (Å²) in [5.74, 6) is 2.49. The zero-order valence-corrected chi connectivity index (χ0v) is 12.3. The van der Waals surface area contributed by atoms with Crippen LogP contribution in [0.15, 0.2) is 29.0 Å². The molecule has 6 heteroatoms. The highest BCUT2D eigenvalue weighted by atomic mass is 16.5. The lowest BCUT2D eigenvalue weighted by Gasteiger charge is -2.30. The molecule has 0 aromatic carbocycles. The Morgan fingerprint density at radius 1 is 1.09 bits per heavy atom. The van der Waals surface area contributed by atoms with Crippen LogP contribution in [0.3, 0.4) is 0 Å². The molecule has 2 fully saturated rings. The molecule has 4 rings (SSSR count). The van der Waals surface area contributed by atoms with E-state index in [4.69, 9.17) is 4.52 Å². The van der Waals surface area contributed by atoms with Crippen molar-refractivity contribution in [2.45, 2.75) is 37.5 Å². The number of hydrogen-bond acceptors (Lipinski definition) is 5. The Hall–Kier alpha value is -2.24. The smallest absolute Gasteiger partial charge is 0.253 e. The molecule has 1 saturated heterocycles. The maximum absolute atomic E-state index is 12.4. The first-order chi connectivity index (χ1) is 10.8. The summed E-state index contributed by atoms with van der Waals surface area (Å²) in [6.07, 6.45) is 7.41. The van der Waals surface area contributed by atoms with Gasteiger partial charge in [-0.1, -0.05) is 5.16 Å². The van der Waals surface area contributed by atoms with E-state index in [0.29, 0.717) is 11.5 Å². The summed E-state index contributed by atoms with van der Waals surface area (Å²) in [6.45, 7) is 1.46. The Kier molecular flexibility index (Phi) is 3.36. The third-order valence-electron chi connectivity index (χ3n) is 4.46. The van der Waals surface area contributed by atoms with Crippen LogP contribution in [-0.2, 0) is 0 Å². The van der Waals surface area contributed by atoms with Gasteiger partial charge >= 0.3 is 0 Å². The first-order valence-electron chi connectivity index (χ1n) is 7.84. The van der Waals surface area contributed by atoms with Crippen LogP contribution in [0.5, 0.6) is 0 Å². The highest BCUT2D eigenvalue weighted by molar-refractivity contribution is 5.94. The Morgan fingerprint density at radius 3 is 2.50 bits per heavy atom. The number of likely N-dealkylation sites (tertiary alicyclic amines) is 1. The molecule has 0 spiro atoms. The van der Waals surface area contributed by atoms with Gasteiger partial charge in [0.15, 0.2) is 5.82 Å². The maximum Gasteiger partial charge on any atom is 0.253 e. The summed E-state index contributed by atoms with van der Waals surface area (Å²) in [6, 6.07) is 3.52. The fourth-order valence-electron chi connectivity index (χ4n) is 2.93. The second kappa shape index (κ2) is 5.51. The zero-order chi connectivity index (χ0) is 14.9. The van der Waals surface area contributed by atoms with Crippen molar-refractivity contribution in [1.82, 2.24) is 20.0 Å². The van der Waals surface area contributed by atoms with Gasteiger partial charge in [-0.25, -0.2) is 0 Å². The summed E-state index contributed by atoms with van der Waals surface area (Å²) >= 11 is 0. The number of carbonyl (C=O) groups is 1. The second-order valence-corrected chi connectivity index (χ2v) is 6.07. The first-order valence-corrected chi connectivity index (χ1v) is 7.84. The lowest BCUT2D eigenvalue weighted by Crippen LogP contribution is -2.38. The van der Waals surface area contributed by atoms with Crippen LogP contribution in [0.1, 0.15) is 59.6 Å². The number of aromatic nitrogens is 3. The number of rotatable bonds is 3. The van der Waals surface area contributed by atoms with Crippen molar-refractivity contribution in [2.75, 3.05) is 13.1 Å². The lowest BCUT2D eigenvalue weighted by molar-refractivity contribution is 0.0704. The minimum absolute atomic E-state index is 0.0741. The number of piperidine rings is 1. The molecule has 1 aliphatic heterocycles. The molecule has 2 aliphatic rings. The second-order valence-electron chi connectivity index (χ2n) is 6.07. The molecular formula is C16H18N4O2. The summed E-state index contributed by atoms with van der Waals surface area (Å²) in [4.78, 5) is 22.8. The third-order valence-corrected chi connectivity index (χ3v) is 4.46. The van der Waals surface area contributed by atoms with E-state index in [1.807, 2.05) is 4.90 Å². The normalized spacial score (nSPS) is 19.4. The van der Waals surface area contributed by atoms with Crippen molar-refractivity contribution in [2.24, 2.45) is 0 Å². The van der Waals surface area contributed by atoms with Crippen LogP contribution in [0.25, 0.3) is 0 Å². The predicted molar refractivity (Wildman–Crippen MR) is 78.4 cm³/mol. The number of hydrogen-bond donors (Lipinski definition) is 0. The van der Waals surface area contributed by atoms with E-state index in [1.54, 1.807) is 24.5 Å². The zero-order valence-electron chi connectivity index (χ0n) is 12.3. The fourth-order valence-corrected chi connectivity index (χ4v) is 2.93. The minimum atomic E-state index is 0.0741. The molecule has 6 nitrogen and oxygen atoms in total. The average Bonchev–Trinajstić information content (AvgIpc) is 3.32. The third kappa shape index (κ3) is 2.61. The van der Waals surface area contributed by atoms with Gasteiger partial charge in [-0.2, -0.15) is 4.98 Å². The molecule has 1 saturated carbocycles. The fraction of sp³-hybridized carbons (Fsp3) is 0.500. The van der Waals surface area contributed by atoms with Gasteiger partial charge in [-0.05, 0) is 37.8 Å². The van der Waals surface area contributed by atoms with Gasteiger partial charge in [-0.3, -0.25) is 9.78 Å². The van der Waals surface area contributed by atoms with Gasteiger partial charge in [0.25, 0.3) is 5.91 Å². The van der Waals surface area contributed by atoms with Crippen molar-refractivity contribution in [1.29, 1.82) is 0 Å². The van der Waals surface area contributed by atoms with Crippen LogP contribution in [0.2, 0.25) is 0 Å². The number of nitrogens with zero attached hydrogens (tertiary/aromatic N) is 4.